The molecule has 0 unspecified atom stereocenters. The summed E-state index contributed by atoms with van der Waals surface area (Å²) in [6.45, 7) is 15.6. The van der Waals surface area contributed by atoms with Crippen molar-refractivity contribution >= 4 is 36.9 Å². The van der Waals surface area contributed by atoms with Crippen molar-refractivity contribution in [1.29, 1.82) is 0 Å². The molecule has 3 aliphatic rings. The normalized spacial score (nSPS) is 14.4. The summed E-state index contributed by atoms with van der Waals surface area (Å²) in [6, 6.07) is 10.7. The number of anilines is 1. The molecule has 7 nitrogen and oxygen atoms in total. The maximum Gasteiger partial charge on any atom is 0.500 e. The molecule has 0 saturated carbocycles. The second kappa shape index (κ2) is 9.34. The van der Waals surface area contributed by atoms with Gasteiger partial charge in [-0.05, 0) is 43.7 Å². The fraction of sp³-hybridized carbons (Fsp3) is 0.375. The second-order valence-electron chi connectivity index (χ2n) is 7.49. The van der Waals surface area contributed by atoms with E-state index in [0.29, 0.717) is 31.6 Å². The minimum atomic E-state index is -2.67. The molecule has 4 rings (SSSR count). The largest absolute Gasteiger partial charge is 0.500 e. The standard InChI is InChI=1S/C24H27N3O4Si/c1-5-29-32(30-6-2,31-7-3)15-9-14-26-19-13-12-17-20-16(19)10-8-11-18(20)22-21(17)23(25-4)24(28)27-22/h8,10-13H,5-7,9,14-15H2,1-3H3,(H,27,28). The van der Waals surface area contributed by atoms with Crippen LogP contribution in [0.1, 0.15) is 27.2 Å². The van der Waals surface area contributed by atoms with Crippen molar-refractivity contribution in [2.75, 3.05) is 31.7 Å². The molecule has 0 aromatic heterocycles. The zero-order valence-corrected chi connectivity index (χ0v) is 19.7. The highest BCUT2D eigenvalue weighted by Gasteiger charge is 2.39. The Morgan fingerprint density at radius 3 is 2.34 bits per heavy atom. The quantitative estimate of drug-likeness (QED) is 0.293. The van der Waals surface area contributed by atoms with E-state index in [9.17, 15) is 4.79 Å². The van der Waals surface area contributed by atoms with Crippen LogP contribution in [0.15, 0.2) is 35.3 Å². The van der Waals surface area contributed by atoms with E-state index in [1.165, 1.54) is 0 Å². The van der Waals surface area contributed by atoms with Gasteiger partial charge in [0, 0.05) is 54.1 Å². The highest BCUT2D eigenvalue weighted by molar-refractivity contribution is 6.60. The summed E-state index contributed by atoms with van der Waals surface area (Å²) in [4.78, 5) is 20.5. The predicted molar refractivity (Wildman–Crippen MR) is 125 cm³/mol. The fourth-order valence-corrected chi connectivity index (χ4v) is 7.07. The lowest BCUT2D eigenvalue weighted by Crippen LogP contribution is -2.46. The molecule has 0 atom stereocenters. The third-order valence-electron chi connectivity index (χ3n) is 5.62. The number of benzene rings is 1. The van der Waals surface area contributed by atoms with Crippen molar-refractivity contribution < 1.29 is 18.1 Å². The third-order valence-corrected chi connectivity index (χ3v) is 8.78. The number of hydrogen-bond acceptors (Lipinski definition) is 5. The molecule has 0 bridgehead atoms. The third kappa shape index (κ3) is 3.78. The second-order valence-corrected chi connectivity index (χ2v) is 10.2. The Labute approximate surface area is 187 Å². The average Bonchev–Trinajstić information content (AvgIpc) is 3.27. The number of nitrogens with zero attached hydrogens (tertiary/aromatic N) is 2. The van der Waals surface area contributed by atoms with Gasteiger partial charge >= 0.3 is 8.80 Å². The van der Waals surface area contributed by atoms with E-state index in [1.54, 1.807) is 0 Å². The summed E-state index contributed by atoms with van der Waals surface area (Å²) in [5.74, 6) is -0.327. The molecular weight excluding hydrogens is 422 g/mol. The minimum absolute atomic E-state index is 0.159. The lowest BCUT2D eigenvalue weighted by Gasteiger charge is -2.28. The maximum atomic E-state index is 12.2. The molecule has 0 fully saturated rings. The molecule has 1 aliphatic heterocycles. The summed E-state index contributed by atoms with van der Waals surface area (Å²) in [5.41, 5.74) is 0.894. The van der Waals surface area contributed by atoms with Crippen LogP contribution in [0, 0.1) is 17.0 Å². The molecule has 1 N–H and O–H groups in total. The number of fused-ring (bicyclic) bond motifs is 3. The van der Waals surface area contributed by atoms with Gasteiger partial charge in [-0.15, -0.1) is 0 Å². The van der Waals surface area contributed by atoms with Crippen molar-refractivity contribution in [2.24, 2.45) is 4.99 Å². The molecule has 8 heteroatoms. The van der Waals surface area contributed by atoms with Gasteiger partial charge in [0.2, 0.25) is 0 Å². The van der Waals surface area contributed by atoms with E-state index in [0.717, 1.165) is 44.7 Å². The molecule has 2 aliphatic carbocycles. The van der Waals surface area contributed by atoms with Gasteiger partial charge in [0.1, 0.15) is 0 Å². The van der Waals surface area contributed by atoms with Crippen LogP contribution in [0.2, 0.25) is 6.04 Å². The topological polar surface area (TPSA) is 73.5 Å². The van der Waals surface area contributed by atoms with Crippen molar-refractivity contribution in [3.05, 3.63) is 62.8 Å². The number of carbonyl (C=O) groups is 1. The Hall–Kier alpha value is -2.83. The zero-order valence-electron chi connectivity index (χ0n) is 18.7. The van der Waals surface area contributed by atoms with Crippen molar-refractivity contribution in [1.82, 2.24) is 0 Å². The molecule has 32 heavy (non-hydrogen) atoms. The highest BCUT2D eigenvalue weighted by Crippen LogP contribution is 2.26. The number of hydrogen-bond donors (Lipinski definition) is 1. The van der Waals surface area contributed by atoms with Crippen LogP contribution in [-0.4, -0.2) is 41.1 Å². The molecule has 0 saturated heterocycles. The zero-order chi connectivity index (χ0) is 22.7. The lowest BCUT2D eigenvalue weighted by molar-refractivity contribution is -0.110. The Balaban J connectivity index is 1.69. The lowest BCUT2D eigenvalue weighted by atomic mass is 10.1. The van der Waals surface area contributed by atoms with E-state index in [1.807, 2.05) is 51.1 Å². The van der Waals surface area contributed by atoms with E-state index in [-0.39, 0.29) is 11.6 Å². The summed E-state index contributed by atoms with van der Waals surface area (Å²) in [6.07, 6.45) is 0.801. The maximum absolute atomic E-state index is 12.2. The van der Waals surface area contributed by atoms with Crippen LogP contribution in [-0.2, 0) is 18.1 Å². The van der Waals surface area contributed by atoms with Gasteiger partial charge < -0.3 is 18.6 Å². The molecule has 0 radical (unpaired) electrons. The fourth-order valence-electron chi connectivity index (χ4n) is 4.48. The summed E-state index contributed by atoms with van der Waals surface area (Å²) >= 11 is 0. The van der Waals surface area contributed by atoms with Crippen molar-refractivity contribution in [3.8, 4) is 0 Å². The van der Waals surface area contributed by atoms with Crippen LogP contribution < -0.4 is 15.9 Å². The van der Waals surface area contributed by atoms with Crippen LogP contribution in [0.3, 0.4) is 0 Å². The van der Waals surface area contributed by atoms with Crippen LogP contribution >= 0.6 is 0 Å². The van der Waals surface area contributed by atoms with Crippen LogP contribution in [0.5, 0.6) is 0 Å². The van der Waals surface area contributed by atoms with Crippen molar-refractivity contribution in [3.63, 3.8) is 0 Å². The molecule has 1 amide bonds. The Morgan fingerprint density at radius 2 is 1.69 bits per heavy atom. The van der Waals surface area contributed by atoms with Crippen LogP contribution in [0.25, 0.3) is 21.3 Å². The van der Waals surface area contributed by atoms with E-state index >= 15 is 0 Å². The predicted octanol–water partition coefficient (Wildman–Crippen LogP) is 3.04. The van der Waals surface area contributed by atoms with Crippen molar-refractivity contribution in [2.45, 2.75) is 33.2 Å². The van der Waals surface area contributed by atoms with E-state index in [4.69, 9.17) is 24.8 Å². The van der Waals surface area contributed by atoms with Gasteiger partial charge in [-0.1, -0.05) is 24.3 Å². The molecule has 1 aromatic rings. The molecular formula is C24H27N3O4Si. The first kappa shape index (κ1) is 22.4. The molecule has 0 spiro atoms. The van der Waals surface area contributed by atoms with Gasteiger partial charge in [-0.25, -0.2) is 4.85 Å². The highest BCUT2D eigenvalue weighted by atomic mass is 28.4. The van der Waals surface area contributed by atoms with Crippen LogP contribution in [0.4, 0.5) is 5.69 Å². The first-order valence-electron chi connectivity index (χ1n) is 11.0. The van der Waals surface area contributed by atoms with Gasteiger partial charge in [0.05, 0.1) is 11.9 Å². The Bertz CT molecular complexity index is 1350. The van der Waals surface area contributed by atoms with Gasteiger partial charge in [0.15, 0.2) is 0 Å². The molecule has 1 aromatic carbocycles. The molecule has 166 valence electrons. The molecule has 1 heterocycles. The number of nitrogens with one attached hydrogen (secondary N) is 1. The first-order chi connectivity index (χ1) is 15.6. The summed E-state index contributed by atoms with van der Waals surface area (Å²) < 4.78 is 17.8. The summed E-state index contributed by atoms with van der Waals surface area (Å²) in [7, 11) is -2.67. The van der Waals surface area contributed by atoms with Gasteiger partial charge in [-0.2, -0.15) is 0 Å². The SMILES string of the molecule is [C-]#[N+]C1=c2c(c3cccc4c(=NCCC[Si](OCC)(OCC)OCC)ccc2=c34)NC1=O. The number of amides is 1. The Kier molecular flexibility index (Phi) is 6.53. The average molecular weight is 450 g/mol. The first-order valence-corrected chi connectivity index (χ1v) is 13.0. The van der Waals surface area contributed by atoms with Gasteiger partial charge in [-0.3, -0.25) is 9.79 Å². The van der Waals surface area contributed by atoms with E-state index in [2.05, 4.69) is 10.2 Å². The monoisotopic (exact) mass is 449 g/mol. The smallest absolute Gasteiger partial charge is 0.374 e. The van der Waals surface area contributed by atoms with E-state index < -0.39 is 8.80 Å². The number of carbonyl (C=O) groups excluding carboxylic acids is 1. The minimum Gasteiger partial charge on any atom is -0.374 e. The van der Waals surface area contributed by atoms with Gasteiger partial charge in [0.25, 0.3) is 11.6 Å². The summed E-state index contributed by atoms with van der Waals surface area (Å²) in [5, 5.41) is 8.42. The Morgan fingerprint density at radius 1 is 1.00 bits per heavy atom. The number of rotatable bonds is 10.